The number of aryl methyl sites for hydroxylation is 1. The van der Waals surface area contributed by atoms with Crippen molar-refractivity contribution < 1.29 is 13.2 Å². The predicted octanol–water partition coefficient (Wildman–Crippen LogP) is 1.49. The molecule has 92 valence electrons. The Balaban J connectivity index is 2.89. The fourth-order valence-corrected chi connectivity index (χ4v) is 2.03. The average Bonchev–Trinajstić information content (AvgIpc) is 2.42. The van der Waals surface area contributed by atoms with E-state index in [1.165, 1.54) is 11.5 Å². The normalized spacial score (nSPS) is 16.2. The Morgan fingerprint density at radius 2 is 1.94 bits per heavy atom. The molecule has 0 spiro atoms. The number of halogens is 3. The van der Waals surface area contributed by atoms with Crippen molar-refractivity contribution >= 4 is 11.8 Å². The number of nitrogens with two attached hydrogens (primary N) is 1. The molecule has 0 bridgehead atoms. The first-order valence-corrected chi connectivity index (χ1v) is 5.46. The first kappa shape index (κ1) is 13.3. The lowest BCUT2D eigenvalue weighted by Crippen LogP contribution is -2.40. The van der Waals surface area contributed by atoms with Gasteiger partial charge < -0.3 is 10.3 Å². The molecule has 2 unspecified atom stereocenters. The lowest BCUT2D eigenvalue weighted by atomic mass is 10.2. The van der Waals surface area contributed by atoms with E-state index in [0.717, 1.165) is 0 Å². The van der Waals surface area contributed by atoms with E-state index in [1.807, 2.05) is 0 Å². The molecule has 2 N–H and O–H groups in total. The van der Waals surface area contributed by atoms with Crippen molar-refractivity contribution in [2.45, 2.75) is 36.5 Å². The lowest BCUT2D eigenvalue weighted by Gasteiger charge is -2.22. The van der Waals surface area contributed by atoms with Crippen molar-refractivity contribution in [1.82, 2.24) is 14.8 Å². The van der Waals surface area contributed by atoms with E-state index in [9.17, 15) is 13.2 Å². The fraction of sp³-hybridized carbons (Fsp3) is 0.750. The van der Waals surface area contributed by atoms with Crippen molar-refractivity contribution in [2.75, 3.05) is 0 Å². The Hall–Kier alpha value is -0.760. The monoisotopic (exact) mass is 254 g/mol. The molecule has 4 nitrogen and oxygen atoms in total. The van der Waals surface area contributed by atoms with Gasteiger partial charge in [-0.1, -0.05) is 11.8 Å². The minimum absolute atomic E-state index is 0.220. The van der Waals surface area contributed by atoms with Crippen LogP contribution in [0.4, 0.5) is 13.2 Å². The van der Waals surface area contributed by atoms with Gasteiger partial charge in [0.25, 0.3) is 0 Å². The zero-order chi connectivity index (χ0) is 12.5. The summed E-state index contributed by atoms with van der Waals surface area (Å²) in [5, 5.41) is 5.91. The minimum Gasteiger partial charge on any atom is -0.327 e. The maximum absolute atomic E-state index is 12.6. The highest BCUT2D eigenvalue weighted by Gasteiger charge is 2.43. The molecule has 0 aliphatic carbocycles. The van der Waals surface area contributed by atoms with Crippen molar-refractivity contribution in [3.63, 3.8) is 0 Å². The Labute approximate surface area is 95.4 Å². The van der Waals surface area contributed by atoms with Crippen molar-refractivity contribution in [1.29, 1.82) is 0 Å². The summed E-state index contributed by atoms with van der Waals surface area (Å²) in [6, 6.07) is -0.998. The Morgan fingerprint density at radius 3 is 2.25 bits per heavy atom. The van der Waals surface area contributed by atoms with Gasteiger partial charge in [-0.05, 0) is 13.8 Å². The summed E-state index contributed by atoms with van der Waals surface area (Å²) in [5.41, 5.74) is 5.33. The summed E-state index contributed by atoms with van der Waals surface area (Å²) in [5.74, 6) is 0.563. The summed E-state index contributed by atoms with van der Waals surface area (Å²) < 4.78 is 39.4. The second-order valence-electron chi connectivity index (χ2n) is 3.53. The van der Waals surface area contributed by atoms with Gasteiger partial charge in [-0.25, -0.2) is 0 Å². The molecular weight excluding hydrogens is 241 g/mol. The molecule has 0 saturated heterocycles. The molecule has 0 aromatic carbocycles. The summed E-state index contributed by atoms with van der Waals surface area (Å²) in [6.45, 7) is 3.00. The van der Waals surface area contributed by atoms with Gasteiger partial charge >= 0.3 is 6.18 Å². The third-order valence-corrected chi connectivity index (χ3v) is 3.60. The number of hydrogen-bond donors (Lipinski definition) is 1. The first-order valence-electron chi connectivity index (χ1n) is 4.58. The van der Waals surface area contributed by atoms with E-state index in [-0.39, 0.29) is 5.16 Å². The van der Waals surface area contributed by atoms with E-state index in [2.05, 4.69) is 10.2 Å². The van der Waals surface area contributed by atoms with Crippen LogP contribution in [0.2, 0.25) is 0 Å². The summed E-state index contributed by atoms with van der Waals surface area (Å²) in [7, 11) is 1.62. The van der Waals surface area contributed by atoms with Crippen LogP contribution in [0.25, 0.3) is 0 Å². The van der Waals surface area contributed by atoms with E-state index >= 15 is 0 Å². The first-order chi connectivity index (χ1) is 7.23. The van der Waals surface area contributed by atoms with E-state index < -0.39 is 17.5 Å². The van der Waals surface area contributed by atoms with Crippen LogP contribution in [0.5, 0.6) is 0 Å². The van der Waals surface area contributed by atoms with Crippen LogP contribution in [0.15, 0.2) is 5.16 Å². The highest BCUT2D eigenvalue weighted by Crippen LogP contribution is 2.35. The van der Waals surface area contributed by atoms with Crippen LogP contribution in [-0.4, -0.2) is 32.2 Å². The van der Waals surface area contributed by atoms with Crippen LogP contribution >= 0.6 is 11.8 Å². The molecule has 0 aliphatic heterocycles. The van der Waals surface area contributed by atoms with Crippen LogP contribution in [-0.2, 0) is 7.05 Å². The number of rotatable bonds is 3. The molecule has 0 fully saturated rings. The standard InChI is InChI=1S/C8H13F3N4S/c1-4(12)6(8(9,10)11)16-7-14-13-5(2)15(7)3/h4,6H,12H2,1-3H3. The third kappa shape index (κ3) is 2.88. The SMILES string of the molecule is Cc1nnc(SC(C(C)N)C(F)(F)F)n1C. The summed E-state index contributed by atoms with van der Waals surface area (Å²) in [6.07, 6.45) is -4.35. The topological polar surface area (TPSA) is 56.7 Å². The third-order valence-electron chi connectivity index (χ3n) is 2.09. The van der Waals surface area contributed by atoms with E-state index in [4.69, 9.17) is 5.73 Å². The Bertz CT molecular complexity index is 361. The average molecular weight is 254 g/mol. The van der Waals surface area contributed by atoms with E-state index in [1.54, 1.807) is 14.0 Å². The van der Waals surface area contributed by atoms with Gasteiger partial charge in [0.2, 0.25) is 0 Å². The fourth-order valence-electron chi connectivity index (χ4n) is 1.08. The molecule has 1 rings (SSSR count). The molecule has 1 aromatic rings. The van der Waals surface area contributed by atoms with Gasteiger partial charge in [0.05, 0.1) is 0 Å². The molecule has 0 saturated carbocycles. The Kier molecular flexibility index (Phi) is 3.84. The maximum atomic E-state index is 12.6. The molecule has 0 amide bonds. The Morgan fingerprint density at radius 1 is 1.38 bits per heavy atom. The number of hydrogen-bond acceptors (Lipinski definition) is 4. The minimum atomic E-state index is -4.35. The zero-order valence-electron chi connectivity index (χ0n) is 9.12. The smallest absolute Gasteiger partial charge is 0.327 e. The van der Waals surface area contributed by atoms with Crippen LogP contribution in [0, 0.1) is 6.92 Å². The van der Waals surface area contributed by atoms with Gasteiger partial charge in [-0.2, -0.15) is 13.2 Å². The number of aromatic nitrogens is 3. The molecule has 2 atom stereocenters. The summed E-state index contributed by atoms with van der Waals surface area (Å²) >= 11 is 0.591. The highest BCUT2D eigenvalue weighted by atomic mass is 32.2. The molecule has 0 aliphatic rings. The molecular formula is C8H13F3N4S. The zero-order valence-corrected chi connectivity index (χ0v) is 9.93. The van der Waals surface area contributed by atoms with Crippen LogP contribution < -0.4 is 5.73 Å². The van der Waals surface area contributed by atoms with Gasteiger partial charge in [-0.3, -0.25) is 0 Å². The van der Waals surface area contributed by atoms with Crippen LogP contribution in [0.1, 0.15) is 12.7 Å². The van der Waals surface area contributed by atoms with Crippen molar-refractivity contribution in [2.24, 2.45) is 12.8 Å². The molecule has 8 heteroatoms. The molecule has 1 aromatic heterocycles. The maximum Gasteiger partial charge on any atom is 0.402 e. The van der Waals surface area contributed by atoms with Gasteiger partial charge in [0.1, 0.15) is 11.1 Å². The van der Waals surface area contributed by atoms with Gasteiger partial charge in [0, 0.05) is 13.1 Å². The molecule has 0 radical (unpaired) electrons. The number of thioether (sulfide) groups is 1. The van der Waals surface area contributed by atoms with Crippen LogP contribution in [0.3, 0.4) is 0 Å². The lowest BCUT2D eigenvalue weighted by molar-refractivity contribution is -0.131. The van der Waals surface area contributed by atoms with E-state index in [0.29, 0.717) is 17.6 Å². The second-order valence-corrected chi connectivity index (χ2v) is 4.64. The molecule has 1 heterocycles. The van der Waals surface area contributed by atoms with Crippen molar-refractivity contribution in [3.05, 3.63) is 5.82 Å². The highest BCUT2D eigenvalue weighted by molar-refractivity contribution is 7.99. The second kappa shape index (κ2) is 4.62. The quantitative estimate of drug-likeness (QED) is 0.830. The van der Waals surface area contributed by atoms with Gasteiger partial charge in [0.15, 0.2) is 5.16 Å². The predicted molar refractivity (Wildman–Crippen MR) is 55.1 cm³/mol. The van der Waals surface area contributed by atoms with Crippen molar-refractivity contribution in [3.8, 4) is 0 Å². The molecule has 16 heavy (non-hydrogen) atoms. The summed E-state index contributed by atoms with van der Waals surface area (Å²) in [4.78, 5) is 0. The number of nitrogens with zero attached hydrogens (tertiary/aromatic N) is 3. The largest absolute Gasteiger partial charge is 0.402 e. The van der Waals surface area contributed by atoms with Gasteiger partial charge in [-0.15, -0.1) is 10.2 Å². The number of alkyl halides is 3.